The molecule has 132 valence electrons. The molecule has 0 radical (unpaired) electrons. The summed E-state index contributed by atoms with van der Waals surface area (Å²) in [4.78, 5) is 12.3. The molecule has 0 aromatic heterocycles. The van der Waals surface area contributed by atoms with Crippen molar-refractivity contribution in [1.82, 2.24) is 0 Å². The SMILES string of the molecule is O=C(COc1cc(Cl)c(Cl)cc1Cl)Nc1ccc2c3c(cccc13)CC2. The summed E-state index contributed by atoms with van der Waals surface area (Å²) in [5, 5.41) is 6.18. The summed E-state index contributed by atoms with van der Waals surface area (Å²) in [7, 11) is 0. The molecule has 0 aliphatic heterocycles. The Morgan fingerprint density at radius 2 is 1.69 bits per heavy atom. The Labute approximate surface area is 165 Å². The summed E-state index contributed by atoms with van der Waals surface area (Å²) in [6.07, 6.45) is 2.09. The molecule has 0 bridgehead atoms. The monoisotopic (exact) mass is 405 g/mol. The normalized spacial score (nSPS) is 12.4. The van der Waals surface area contributed by atoms with Crippen molar-refractivity contribution in [3.8, 4) is 5.75 Å². The van der Waals surface area contributed by atoms with Crippen LogP contribution < -0.4 is 10.1 Å². The lowest BCUT2D eigenvalue weighted by molar-refractivity contribution is -0.118. The van der Waals surface area contributed by atoms with Crippen molar-refractivity contribution in [2.45, 2.75) is 12.8 Å². The number of amides is 1. The standard InChI is InChI=1S/C20H14Cl3NO2/c21-14-8-16(23)18(9-15(14)22)26-10-19(25)24-17-7-6-12-5-4-11-2-1-3-13(17)20(11)12/h1-3,6-9H,4-5,10H2,(H,24,25). The maximum Gasteiger partial charge on any atom is 0.262 e. The summed E-state index contributed by atoms with van der Waals surface area (Å²) >= 11 is 17.9. The van der Waals surface area contributed by atoms with Gasteiger partial charge in [-0.1, -0.05) is 59.1 Å². The van der Waals surface area contributed by atoms with E-state index in [1.165, 1.54) is 28.6 Å². The first-order valence-electron chi connectivity index (χ1n) is 8.13. The number of anilines is 1. The van der Waals surface area contributed by atoms with Crippen LogP contribution in [0.15, 0.2) is 42.5 Å². The van der Waals surface area contributed by atoms with E-state index < -0.39 is 0 Å². The molecule has 1 amide bonds. The Balaban J connectivity index is 1.51. The molecule has 3 nitrogen and oxygen atoms in total. The maximum absolute atomic E-state index is 12.3. The number of carbonyl (C=O) groups excluding carboxylic acids is 1. The molecule has 0 saturated heterocycles. The predicted molar refractivity (Wildman–Crippen MR) is 107 cm³/mol. The van der Waals surface area contributed by atoms with E-state index in [0.29, 0.717) is 20.8 Å². The smallest absolute Gasteiger partial charge is 0.262 e. The van der Waals surface area contributed by atoms with Crippen LogP contribution in [0.4, 0.5) is 5.69 Å². The molecule has 0 saturated carbocycles. The molecule has 1 N–H and O–H groups in total. The van der Waals surface area contributed by atoms with Gasteiger partial charge in [-0.2, -0.15) is 0 Å². The van der Waals surface area contributed by atoms with Gasteiger partial charge in [0.2, 0.25) is 0 Å². The van der Waals surface area contributed by atoms with Crippen LogP contribution in [-0.4, -0.2) is 12.5 Å². The summed E-state index contributed by atoms with van der Waals surface area (Å²) in [6.45, 7) is -0.180. The zero-order valence-electron chi connectivity index (χ0n) is 13.6. The number of halogens is 3. The van der Waals surface area contributed by atoms with E-state index in [4.69, 9.17) is 39.5 Å². The third-order valence-electron chi connectivity index (χ3n) is 4.48. The number of carbonyl (C=O) groups is 1. The molecule has 0 spiro atoms. The fourth-order valence-corrected chi connectivity index (χ4v) is 3.89. The van der Waals surface area contributed by atoms with E-state index in [1.54, 1.807) is 0 Å². The lowest BCUT2D eigenvalue weighted by Crippen LogP contribution is -2.20. The summed E-state index contributed by atoms with van der Waals surface area (Å²) < 4.78 is 5.49. The second-order valence-corrected chi connectivity index (χ2v) is 7.37. The second-order valence-electron chi connectivity index (χ2n) is 6.15. The van der Waals surface area contributed by atoms with Gasteiger partial charge in [0.1, 0.15) is 5.75 Å². The van der Waals surface area contributed by atoms with Gasteiger partial charge in [-0.05, 0) is 41.5 Å². The number of benzene rings is 3. The van der Waals surface area contributed by atoms with Gasteiger partial charge in [-0.25, -0.2) is 0 Å². The van der Waals surface area contributed by atoms with Crippen LogP contribution in [0.25, 0.3) is 10.8 Å². The van der Waals surface area contributed by atoms with Crippen LogP contribution in [0.1, 0.15) is 11.1 Å². The Bertz CT molecular complexity index is 1020. The lowest BCUT2D eigenvalue weighted by Gasteiger charge is -2.12. The predicted octanol–water partition coefficient (Wildman–Crippen LogP) is 5.92. The van der Waals surface area contributed by atoms with Crippen LogP contribution in [0.2, 0.25) is 15.1 Å². The van der Waals surface area contributed by atoms with Crippen molar-refractivity contribution in [1.29, 1.82) is 0 Å². The molecular weight excluding hydrogens is 393 g/mol. The Kier molecular flexibility index (Phi) is 4.70. The quantitative estimate of drug-likeness (QED) is 0.546. The minimum absolute atomic E-state index is 0.180. The van der Waals surface area contributed by atoms with Gasteiger partial charge in [-0.3, -0.25) is 4.79 Å². The van der Waals surface area contributed by atoms with E-state index in [1.807, 2.05) is 18.2 Å². The average Bonchev–Trinajstić information content (AvgIpc) is 3.04. The summed E-state index contributed by atoms with van der Waals surface area (Å²) in [6, 6.07) is 13.2. The number of ether oxygens (including phenoxy) is 1. The molecule has 0 fully saturated rings. The van der Waals surface area contributed by atoms with E-state index in [-0.39, 0.29) is 12.5 Å². The fourth-order valence-electron chi connectivity index (χ4n) is 3.30. The molecule has 3 aromatic rings. The molecule has 3 aromatic carbocycles. The fraction of sp³-hybridized carbons (Fsp3) is 0.150. The highest BCUT2D eigenvalue weighted by Gasteiger charge is 2.17. The van der Waals surface area contributed by atoms with Gasteiger partial charge in [0.25, 0.3) is 5.91 Å². The number of nitrogens with one attached hydrogen (secondary N) is 1. The molecule has 1 aliphatic carbocycles. The first-order chi connectivity index (χ1) is 12.5. The zero-order valence-corrected chi connectivity index (χ0v) is 15.9. The van der Waals surface area contributed by atoms with Gasteiger partial charge >= 0.3 is 0 Å². The number of hydrogen-bond acceptors (Lipinski definition) is 2. The van der Waals surface area contributed by atoms with Crippen LogP contribution in [0.5, 0.6) is 5.75 Å². The molecule has 1 aliphatic rings. The second kappa shape index (κ2) is 6.99. The first kappa shape index (κ1) is 17.5. The van der Waals surface area contributed by atoms with Crippen molar-refractivity contribution in [3.63, 3.8) is 0 Å². The van der Waals surface area contributed by atoms with E-state index in [9.17, 15) is 4.79 Å². The lowest BCUT2D eigenvalue weighted by atomic mass is 10.0. The van der Waals surface area contributed by atoms with E-state index in [0.717, 1.165) is 23.9 Å². The van der Waals surface area contributed by atoms with Crippen LogP contribution >= 0.6 is 34.8 Å². The minimum Gasteiger partial charge on any atom is -0.482 e. The number of aryl methyl sites for hydroxylation is 2. The largest absolute Gasteiger partial charge is 0.482 e. The van der Waals surface area contributed by atoms with E-state index in [2.05, 4.69) is 17.4 Å². The maximum atomic E-state index is 12.3. The molecule has 0 atom stereocenters. The van der Waals surface area contributed by atoms with Gasteiger partial charge < -0.3 is 10.1 Å². The molecule has 26 heavy (non-hydrogen) atoms. The summed E-state index contributed by atoms with van der Waals surface area (Å²) in [5.74, 6) is 0.0439. The van der Waals surface area contributed by atoms with Crippen molar-refractivity contribution >= 4 is 57.2 Å². The van der Waals surface area contributed by atoms with Crippen molar-refractivity contribution in [2.24, 2.45) is 0 Å². The van der Waals surface area contributed by atoms with Gasteiger partial charge in [0.05, 0.1) is 15.1 Å². The van der Waals surface area contributed by atoms with Crippen molar-refractivity contribution in [2.75, 3.05) is 11.9 Å². The topological polar surface area (TPSA) is 38.3 Å². The molecule has 6 heteroatoms. The highest BCUT2D eigenvalue weighted by atomic mass is 35.5. The Morgan fingerprint density at radius 1 is 0.962 bits per heavy atom. The number of rotatable bonds is 4. The highest BCUT2D eigenvalue weighted by molar-refractivity contribution is 6.43. The van der Waals surface area contributed by atoms with Crippen LogP contribution in [0.3, 0.4) is 0 Å². The minimum atomic E-state index is -0.272. The molecular formula is C20H14Cl3NO2. The van der Waals surface area contributed by atoms with Crippen LogP contribution in [-0.2, 0) is 17.6 Å². The zero-order chi connectivity index (χ0) is 18.3. The van der Waals surface area contributed by atoms with Crippen molar-refractivity contribution in [3.05, 3.63) is 68.7 Å². The van der Waals surface area contributed by atoms with E-state index >= 15 is 0 Å². The highest BCUT2D eigenvalue weighted by Crippen LogP contribution is 2.35. The molecule has 0 heterocycles. The Hall–Kier alpha value is -1.94. The van der Waals surface area contributed by atoms with Gasteiger partial charge in [0.15, 0.2) is 6.61 Å². The number of hydrogen-bond donors (Lipinski definition) is 1. The third kappa shape index (κ3) is 3.23. The van der Waals surface area contributed by atoms with Crippen LogP contribution in [0, 0.1) is 0 Å². The molecule has 0 unspecified atom stereocenters. The molecule has 4 rings (SSSR count). The summed E-state index contributed by atoms with van der Waals surface area (Å²) in [5.41, 5.74) is 3.43. The average molecular weight is 407 g/mol. The third-order valence-corrected chi connectivity index (χ3v) is 5.50. The van der Waals surface area contributed by atoms with Gasteiger partial charge in [-0.15, -0.1) is 0 Å². The van der Waals surface area contributed by atoms with Crippen molar-refractivity contribution < 1.29 is 9.53 Å². The Morgan fingerprint density at radius 3 is 2.50 bits per heavy atom. The van der Waals surface area contributed by atoms with Gasteiger partial charge in [0, 0.05) is 17.1 Å². The first-order valence-corrected chi connectivity index (χ1v) is 9.27.